The fraction of sp³-hybridized carbons (Fsp3) is 0.182. The normalized spacial score (nSPS) is 15.1. The molecule has 152 valence electrons. The monoisotopic (exact) mass is 437 g/mol. The lowest BCUT2D eigenvalue weighted by atomic mass is 10.0. The van der Waals surface area contributed by atoms with Gasteiger partial charge in [0.2, 0.25) is 10.0 Å². The van der Waals surface area contributed by atoms with E-state index in [0.29, 0.717) is 29.3 Å². The van der Waals surface area contributed by atoms with Crippen molar-refractivity contribution in [1.82, 2.24) is 9.29 Å². The number of amides is 1. The fourth-order valence-corrected chi connectivity index (χ4v) is 6.30. The van der Waals surface area contributed by atoms with Crippen LogP contribution in [0.5, 0.6) is 0 Å². The highest BCUT2D eigenvalue weighted by atomic mass is 32.2. The lowest BCUT2D eigenvalue weighted by molar-refractivity contribution is 0.102. The van der Waals surface area contributed by atoms with Crippen molar-refractivity contribution in [1.29, 1.82) is 0 Å². The SMILES string of the molecule is O=C(Nc1nc2ccc(S(=O)(=O)N3CCCC3)cc2s1)c1cccc2ccccc12. The van der Waals surface area contributed by atoms with Crippen molar-refractivity contribution in [3.05, 3.63) is 66.2 Å². The average molecular weight is 438 g/mol. The van der Waals surface area contributed by atoms with Crippen LogP contribution in [0.15, 0.2) is 65.6 Å². The summed E-state index contributed by atoms with van der Waals surface area (Å²) in [7, 11) is -3.49. The van der Waals surface area contributed by atoms with E-state index in [2.05, 4.69) is 10.3 Å². The van der Waals surface area contributed by atoms with Gasteiger partial charge in [-0.1, -0.05) is 47.7 Å². The zero-order valence-electron chi connectivity index (χ0n) is 16.0. The molecule has 6 nitrogen and oxygen atoms in total. The molecular weight excluding hydrogens is 418 g/mol. The van der Waals surface area contributed by atoms with Crippen molar-refractivity contribution in [3.8, 4) is 0 Å². The molecule has 3 aromatic carbocycles. The summed E-state index contributed by atoms with van der Waals surface area (Å²) >= 11 is 1.27. The molecule has 0 unspecified atom stereocenters. The van der Waals surface area contributed by atoms with Gasteiger partial charge in [0.25, 0.3) is 5.91 Å². The second-order valence-electron chi connectivity index (χ2n) is 7.24. The van der Waals surface area contributed by atoms with Crippen LogP contribution in [0.25, 0.3) is 21.0 Å². The molecule has 0 bridgehead atoms. The number of benzene rings is 3. The second-order valence-corrected chi connectivity index (χ2v) is 10.2. The molecule has 2 heterocycles. The van der Waals surface area contributed by atoms with E-state index >= 15 is 0 Å². The number of aromatic nitrogens is 1. The summed E-state index contributed by atoms with van der Waals surface area (Å²) in [6.07, 6.45) is 1.79. The standard InChI is InChI=1S/C22H19N3O3S2/c26-21(18-9-5-7-15-6-1-2-8-17(15)18)24-22-23-19-11-10-16(14-20(19)29-22)30(27,28)25-12-3-4-13-25/h1-2,5-11,14H,3-4,12-13H2,(H,23,24,26). The summed E-state index contributed by atoms with van der Waals surface area (Å²) in [6, 6.07) is 18.3. The van der Waals surface area contributed by atoms with Gasteiger partial charge in [-0.25, -0.2) is 13.4 Å². The number of carbonyl (C=O) groups excluding carboxylic acids is 1. The Morgan fingerprint density at radius 3 is 2.60 bits per heavy atom. The third-order valence-electron chi connectivity index (χ3n) is 5.32. The first kappa shape index (κ1) is 19.2. The third kappa shape index (κ3) is 3.36. The zero-order valence-corrected chi connectivity index (χ0v) is 17.7. The van der Waals surface area contributed by atoms with Crippen LogP contribution in [-0.2, 0) is 10.0 Å². The Kier molecular flexibility index (Phi) is 4.77. The van der Waals surface area contributed by atoms with E-state index in [1.165, 1.54) is 15.6 Å². The number of hydrogen-bond donors (Lipinski definition) is 1. The Labute approximate surface area is 178 Å². The first-order chi connectivity index (χ1) is 14.5. The number of sulfonamides is 1. The van der Waals surface area contributed by atoms with Crippen LogP contribution in [-0.4, -0.2) is 36.7 Å². The van der Waals surface area contributed by atoms with E-state index in [9.17, 15) is 13.2 Å². The van der Waals surface area contributed by atoms with E-state index in [4.69, 9.17) is 0 Å². The molecular formula is C22H19N3O3S2. The molecule has 1 aliphatic heterocycles. The maximum Gasteiger partial charge on any atom is 0.258 e. The van der Waals surface area contributed by atoms with Crippen molar-refractivity contribution < 1.29 is 13.2 Å². The number of nitrogens with one attached hydrogen (secondary N) is 1. The minimum absolute atomic E-state index is 0.240. The van der Waals surface area contributed by atoms with Crippen molar-refractivity contribution in [3.63, 3.8) is 0 Å². The number of hydrogen-bond acceptors (Lipinski definition) is 5. The molecule has 8 heteroatoms. The highest BCUT2D eigenvalue weighted by molar-refractivity contribution is 7.89. The molecule has 30 heavy (non-hydrogen) atoms. The van der Waals surface area contributed by atoms with Gasteiger partial charge in [0, 0.05) is 18.7 Å². The van der Waals surface area contributed by atoms with Gasteiger partial charge >= 0.3 is 0 Å². The largest absolute Gasteiger partial charge is 0.298 e. The van der Waals surface area contributed by atoms with Crippen LogP contribution in [0.3, 0.4) is 0 Å². The minimum Gasteiger partial charge on any atom is -0.298 e. The van der Waals surface area contributed by atoms with Gasteiger partial charge in [-0.05, 0) is 47.9 Å². The minimum atomic E-state index is -3.49. The summed E-state index contributed by atoms with van der Waals surface area (Å²) < 4.78 is 27.9. The van der Waals surface area contributed by atoms with Crippen molar-refractivity contribution in [2.45, 2.75) is 17.7 Å². The van der Waals surface area contributed by atoms with Crippen LogP contribution < -0.4 is 5.32 Å². The number of thiazole rings is 1. The molecule has 1 saturated heterocycles. The van der Waals surface area contributed by atoms with E-state index < -0.39 is 10.0 Å². The first-order valence-corrected chi connectivity index (χ1v) is 12.0. The Bertz CT molecular complexity index is 1370. The Hall–Kier alpha value is -2.81. The summed E-state index contributed by atoms with van der Waals surface area (Å²) in [5.74, 6) is -0.240. The van der Waals surface area contributed by atoms with Crippen LogP contribution in [0.1, 0.15) is 23.2 Å². The molecule has 0 aliphatic carbocycles. The predicted octanol–water partition coefficient (Wildman–Crippen LogP) is 4.49. The van der Waals surface area contributed by atoms with Gasteiger partial charge in [0.05, 0.1) is 15.1 Å². The number of rotatable bonds is 4. The quantitative estimate of drug-likeness (QED) is 0.510. The topological polar surface area (TPSA) is 79.4 Å². The molecule has 1 fully saturated rings. The second kappa shape index (κ2) is 7.46. The van der Waals surface area contributed by atoms with E-state index in [0.717, 1.165) is 28.3 Å². The van der Waals surface area contributed by atoms with E-state index in [-0.39, 0.29) is 10.8 Å². The molecule has 0 saturated carbocycles. The number of nitrogens with zero attached hydrogens (tertiary/aromatic N) is 2. The Balaban J connectivity index is 1.45. The van der Waals surface area contributed by atoms with E-state index in [1.807, 2.05) is 36.4 Å². The predicted molar refractivity (Wildman–Crippen MR) is 120 cm³/mol. The van der Waals surface area contributed by atoms with Gasteiger partial charge in [-0.2, -0.15) is 4.31 Å². The number of anilines is 1. The van der Waals surface area contributed by atoms with Crippen LogP contribution in [0.2, 0.25) is 0 Å². The smallest absolute Gasteiger partial charge is 0.258 e. The third-order valence-corrected chi connectivity index (χ3v) is 8.15. The summed E-state index contributed by atoms with van der Waals surface area (Å²) in [6.45, 7) is 1.13. The summed E-state index contributed by atoms with van der Waals surface area (Å²) in [5.41, 5.74) is 1.23. The highest BCUT2D eigenvalue weighted by Gasteiger charge is 2.27. The number of fused-ring (bicyclic) bond motifs is 2. The van der Waals surface area contributed by atoms with Crippen molar-refractivity contribution in [2.75, 3.05) is 18.4 Å². The van der Waals surface area contributed by atoms with Crippen LogP contribution >= 0.6 is 11.3 Å². The van der Waals surface area contributed by atoms with Gasteiger partial charge in [-0.3, -0.25) is 10.1 Å². The van der Waals surface area contributed by atoms with Gasteiger partial charge in [-0.15, -0.1) is 0 Å². The molecule has 0 atom stereocenters. The fourth-order valence-electron chi connectivity index (χ4n) is 3.78. The van der Waals surface area contributed by atoms with Crippen molar-refractivity contribution >= 4 is 53.4 Å². The van der Waals surface area contributed by atoms with Gasteiger partial charge in [0.1, 0.15) is 0 Å². The Morgan fingerprint density at radius 2 is 1.77 bits per heavy atom. The molecule has 4 aromatic rings. The molecule has 5 rings (SSSR count). The molecule has 0 spiro atoms. The van der Waals surface area contributed by atoms with Crippen LogP contribution in [0, 0.1) is 0 Å². The average Bonchev–Trinajstić information content (AvgIpc) is 3.42. The number of carbonyl (C=O) groups is 1. The Morgan fingerprint density at radius 1 is 1.00 bits per heavy atom. The van der Waals surface area contributed by atoms with Crippen LogP contribution in [0.4, 0.5) is 5.13 Å². The maximum absolute atomic E-state index is 12.9. The van der Waals surface area contributed by atoms with Gasteiger partial charge in [0.15, 0.2) is 5.13 Å². The highest BCUT2D eigenvalue weighted by Crippen LogP contribution is 2.30. The summed E-state index contributed by atoms with van der Waals surface area (Å²) in [4.78, 5) is 17.6. The zero-order chi connectivity index (χ0) is 20.7. The molecule has 0 radical (unpaired) electrons. The maximum atomic E-state index is 12.9. The molecule has 1 aromatic heterocycles. The van der Waals surface area contributed by atoms with Gasteiger partial charge < -0.3 is 0 Å². The molecule has 1 N–H and O–H groups in total. The molecule has 1 amide bonds. The lowest BCUT2D eigenvalue weighted by Crippen LogP contribution is -2.27. The summed E-state index contributed by atoms with van der Waals surface area (Å²) in [5, 5.41) is 5.17. The van der Waals surface area contributed by atoms with Crippen molar-refractivity contribution in [2.24, 2.45) is 0 Å². The van der Waals surface area contributed by atoms with E-state index in [1.54, 1.807) is 24.3 Å². The molecule has 1 aliphatic rings. The lowest BCUT2D eigenvalue weighted by Gasteiger charge is -2.15. The first-order valence-electron chi connectivity index (χ1n) is 9.72.